The van der Waals surface area contributed by atoms with Gasteiger partial charge in [0.15, 0.2) is 0 Å². The average molecular weight is 719 g/mol. The zero-order valence-electron chi connectivity index (χ0n) is 27.1. The van der Waals surface area contributed by atoms with Crippen molar-refractivity contribution in [3.05, 3.63) is 72.9 Å². The number of halogens is 2. The van der Waals surface area contributed by atoms with Crippen molar-refractivity contribution in [3.8, 4) is 0 Å². The van der Waals surface area contributed by atoms with E-state index in [1.165, 1.54) is 23.5 Å². The minimum atomic E-state index is -1.37. The lowest BCUT2D eigenvalue weighted by molar-refractivity contribution is -0.134. The molecule has 2 fully saturated rings. The van der Waals surface area contributed by atoms with Gasteiger partial charge in [-0.05, 0) is 58.2 Å². The highest BCUT2D eigenvalue weighted by molar-refractivity contribution is 7.09. The summed E-state index contributed by atoms with van der Waals surface area (Å²) in [6, 6.07) is 4.68. The second-order valence-electron chi connectivity index (χ2n) is 13.0. The van der Waals surface area contributed by atoms with Crippen LogP contribution in [-0.2, 0) is 25.6 Å². The Morgan fingerprint density at radius 1 is 1.00 bits per heavy atom. The summed E-state index contributed by atoms with van der Waals surface area (Å²) < 4.78 is 0. The number of carbonyl (C=O) groups excluding carboxylic acids is 2. The summed E-state index contributed by atoms with van der Waals surface area (Å²) >= 11 is 14.5. The number of hydrogen-bond acceptors (Lipinski definition) is 8. The van der Waals surface area contributed by atoms with Crippen LogP contribution in [-0.4, -0.2) is 98.5 Å². The molecular formula is C34H41Cl2N5O6S. The largest absolute Gasteiger partial charge is 0.478 e. The fourth-order valence-electron chi connectivity index (χ4n) is 6.98. The summed E-state index contributed by atoms with van der Waals surface area (Å²) in [6.07, 6.45) is 5.40. The molecule has 1 atom stereocenters. The molecule has 3 N–H and O–H groups in total. The quantitative estimate of drug-likeness (QED) is 0.256. The van der Waals surface area contributed by atoms with Crippen LogP contribution in [0.3, 0.4) is 0 Å². The number of dihydropyridines is 1. The number of aromatic nitrogens is 1. The molecule has 1 aromatic carbocycles. The predicted molar refractivity (Wildman–Crippen MR) is 184 cm³/mol. The summed E-state index contributed by atoms with van der Waals surface area (Å²) in [5, 5.41) is 26.9. The van der Waals surface area contributed by atoms with Gasteiger partial charge in [0.25, 0.3) is 0 Å². The number of carbonyl (C=O) groups is 4. The lowest BCUT2D eigenvalue weighted by Gasteiger charge is -2.38. The van der Waals surface area contributed by atoms with Gasteiger partial charge in [-0.15, -0.1) is 11.3 Å². The Kier molecular flexibility index (Phi) is 11.5. The van der Waals surface area contributed by atoms with Crippen LogP contribution in [0.4, 0.5) is 0 Å². The number of aryl methyl sites for hydroxylation is 1. The van der Waals surface area contributed by atoms with Crippen LogP contribution < -0.4 is 5.32 Å². The van der Waals surface area contributed by atoms with E-state index in [0.717, 1.165) is 37.4 Å². The number of carboxylic acids is 2. The highest BCUT2D eigenvalue weighted by Crippen LogP contribution is 2.45. The minimum Gasteiger partial charge on any atom is -0.478 e. The van der Waals surface area contributed by atoms with Gasteiger partial charge in [0, 0.05) is 89.7 Å². The second kappa shape index (κ2) is 15.4. The molecule has 14 heteroatoms. The number of aliphatic carboxylic acids is 2. The first-order valence-corrected chi connectivity index (χ1v) is 17.8. The molecule has 3 aliphatic heterocycles. The van der Waals surface area contributed by atoms with Crippen molar-refractivity contribution < 1.29 is 29.4 Å². The maximum atomic E-state index is 13.7. The summed E-state index contributed by atoms with van der Waals surface area (Å²) in [5.41, 5.74) is -0.0653. The van der Waals surface area contributed by atoms with Crippen molar-refractivity contribution in [2.24, 2.45) is 0 Å². The van der Waals surface area contributed by atoms with Crippen molar-refractivity contribution in [2.75, 3.05) is 39.3 Å². The fourth-order valence-corrected chi connectivity index (χ4v) is 8.21. The molecule has 48 heavy (non-hydrogen) atoms. The normalized spacial score (nSPS) is 19.2. The van der Waals surface area contributed by atoms with E-state index in [1.54, 1.807) is 17.2 Å². The molecule has 1 unspecified atom stereocenters. The molecule has 0 spiro atoms. The Morgan fingerprint density at radius 2 is 1.67 bits per heavy atom. The molecule has 4 heterocycles. The first-order valence-electron chi connectivity index (χ1n) is 16.2. The molecule has 2 aromatic rings. The monoisotopic (exact) mass is 717 g/mol. The molecule has 2 saturated heterocycles. The predicted octanol–water partition coefficient (Wildman–Crippen LogP) is 5.16. The van der Waals surface area contributed by atoms with Gasteiger partial charge in [-0.3, -0.25) is 14.5 Å². The maximum Gasteiger partial charge on any atom is 0.334 e. The van der Waals surface area contributed by atoms with E-state index in [0.29, 0.717) is 39.0 Å². The Hall–Kier alpha value is -3.45. The number of allylic oxidation sites excluding steroid dienone is 1. The molecule has 0 bridgehead atoms. The first kappa shape index (κ1) is 35.8. The number of thiazole rings is 1. The molecule has 258 valence electrons. The van der Waals surface area contributed by atoms with Crippen molar-refractivity contribution in [1.82, 2.24) is 25.0 Å². The number of carboxylic acid groups (broad SMARTS) is 2. The Bertz CT molecular complexity index is 1600. The van der Waals surface area contributed by atoms with E-state index < -0.39 is 17.9 Å². The van der Waals surface area contributed by atoms with E-state index in [2.05, 4.69) is 29.0 Å². The third kappa shape index (κ3) is 8.05. The van der Waals surface area contributed by atoms with Crippen LogP contribution in [0.2, 0.25) is 10.0 Å². The van der Waals surface area contributed by atoms with E-state index >= 15 is 0 Å². The van der Waals surface area contributed by atoms with Crippen molar-refractivity contribution in [1.29, 1.82) is 0 Å². The van der Waals surface area contributed by atoms with Crippen molar-refractivity contribution in [2.45, 2.75) is 70.3 Å². The highest BCUT2D eigenvalue weighted by atomic mass is 35.5. The molecule has 2 amide bonds. The Labute approximate surface area is 294 Å². The summed E-state index contributed by atoms with van der Waals surface area (Å²) in [4.78, 5) is 62.0. The third-order valence-electron chi connectivity index (χ3n) is 9.47. The fraction of sp³-hybridized carbons (Fsp3) is 0.500. The van der Waals surface area contributed by atoms with Crippen LogP contribution in [0.25, 0.3) is 0 Å². The number of hydrogen-bond donors (Lipinski definition) is 3. The molecule has 3 aliphatic rings. The lowest BCUT2D eigenvalue weighted by atomic mass is 9.79. The molecule has 0 aliphatic carbocycles. The van der Waals surface area contributed by atoms with Gasteiger partial charge < -0.3 is 25.3 Å². The molecule has 0 saturated carbocycles. The lowest BCUT2D eigenvalue weighted by Crippen LogP contribution is -2.50. The summed E-state index contributed by atoms with van der Waals surface area (Å²) in [7, 11) is 0. The topological polar surface area (TPSA) is 143 Å². The SMILES string of the molecule is CC(C)(CCCN1CCN(C(=O)CC2=C(C(=O)O)C(c3c(Cl)cccc3Cl)C(C(=O)O)=C(CCc3nccs3)N2)CC1)N1CCCC1=O. The first-order chi connectivity index (χ1) is 22.9. The van der Waals surface area contributed by atoms with Crippen LogP contribution in [0.5, 0.6) is 0 Å². The van der Waals surface area contributed by atoms with Gasteiger partial charge >= 0.3 is 11.9 Å². The van der Waals surface area contributed by atoms with E-state index in [1.807, 2.05) is 10.3 Å². The van der Waals surface area contributed by atoms with Crippen molar-refractivity contribution >= 4 is 58.3 Å². The zero-order valence-corrected chi connectivity index (χ0v) is 29.5. The number of likely N-dealkylation sites (tertiary alicyclic amines) is 1. The molecule has 1 aromatic heterocycles. The van der Waals surface area contributed by atoms with Crippen LogP contribution in [0.15, 0.2) is 52.3 Å². The van der Waals surface area contributed by atoms with Gasteiger partial charge in [-0.1, -0.05) is 29.3 Å². The smallest absolute Gasteiger partial charge is 0.334 e. The van der Waals surface area contributed by atoms with Gasteiger partial charge in [-0.2, -0.15) is 0 Å². The molecule has 0 radical (unpaired) electrons. The molecule has 11 nitrogen and oxygen atoms in total. The number of nitrogens with zero attached hydrogens (tertiary/aromatic N) is 4. The average Bonchev–Trinajstić information content (AvgIpc) is 3.72. The Morgan fingerprint density at radius 3 is 2.25 bits per heavy atom. The number of amides is 2. The van der Waals surface area contributed by atoms with Gasteiger partial charge in [-0.25, -0.2) is 14.6 Å². The van der Waals surface area contributed by atoms with Gasteiger partial charge in [0.1, 0.15) is 0 Å². The Balaban J connectivity index is 1.32. The highest BCUT2D eigenvalue weighted by Gasteiger charge is 2.41. The number of nitrogens with one attached hydrogen (secondary N) is 1. The summed E-state index contributed by atoms with van der Waals surface area (Å²) in [5.74, 6) is -4.02. The second-order valence-corrected chi connectivity index (χ2v) is 14.8. The van der Waals surface area contributed by atoms with E-state index in [4.69, 9.17) is 23.2 Å². The van der Waals surface area contributed by atoms with E-state index in [-0.39, 0.29) is 68.3 Å². The van der Waals surface area contributed by atoms with Crippen LogP contribution in [0, 0.1) is 0 Å². The number of benzene rings is 1. The van der Waals surface area contributed by atoms with Crippen LogP contribution in [0.1, 0.15) is 68.9 Å². The van der Waals surface area contributed by atoms with E-state index in [9.17, 15) is 29.4 Å². The van der Waals surface area contributed by atoms with Crippen LogP contribution >= 0.6 is 34.5 Å². The third-order valence-corrected chi connectivity index (χ3v) is 11.0. The standard InChI is InChI=1S/C34H41Cl2N5O6S/c1-34(2,41-14-4-8-26(41)42)11-5-13-39-15-17-40(18-16-39)27(43)20-24-30(33(46)47)31(28-21(35)6-3-7-22(28)36)29(32(44)45)23(38-24)9-10-25-37-12-19-48-25/h3,6-7,12,19,31,38H,4-5,8-11,13-18,20H2,1-2H3,(H,44,45)(H,46,47). The van der Waals surface area contributed by atoms with Gasteiger partial charge in [0.2, 0.25) is 11.8 Å². The van der Waals surface area contributed by atoms with Crippen molar-refractivity contribution in [3.63, 3.8) is 0 Å². The molecular weight excluding hydrogens is 677 g/mol. The minimum absolute atomic E-state index is 0.119. The molecule has 5 rings (SSSR count). The number of rotatable bonds is 13. The maximum absolute atomic E-state index is 13.7. The van der Waals surface area contributed by atoms with Gasteiger partial charge in [0.05, 0.1) is 28.5 Å². The zero-order chi connectivity index (χ0) is 34.6. The number of piperazine rings is 1. The summed E-state index contributed by atoms with van der Waals surface area (Å²) in [6.45, 7) is 8.22.